The van der Waals surface area contributed by atoms with Gasteiger partial charge in [0, 0.05) is 6.54 Å². The average Bonchev–Trinajstić information content (AvgIpc) is 3.06. The number of rotatable bonds is 10. The number of benzene rings is 1. The van der Waals surface area contributed by atoms with Gasteiger partial charge in [-0.1, -0.05) is 11.3 Å². The fourth-order valence-corrected chi connectivity index (χ4v) is 2.27. The summed E-state index contributed by atoms with van der Waals surface area (Å²) < 4.78 is 12.3. The van der Waals surface area contributed by atoms with Crippen LogP contribution in [-0.4, -0.2) is 51.7 Å². The van der Waals surface area contributed by atoms with E-state index in [2.05, 4.69) is 15.6 Å². The minimum atomic E-state index is -1.18. The molecule has 0 radical (unpaired) electrons. The minimum absolute atomic E-state index is 0.0895. The van der Waals surface area contributed by atoms with E-state index in [1.807, 2.05) is 32.0 Å². The summed E-state index contributed by atoms with van der Waals surface area (Å²) in [4.78, 5) is 22.6. The minimum Gasteiger partial charge on any atom is -0.490 e. The van der Waals surface area contributed by atoms with Crippen LogP contribution < -0.4 is 14.8 Å². The maximum atomic E-state index is 11.9. The van der Waals surface area contributed by atoms with E-state index in [1.54, 1.807) is 0 Å². The first-order valence-electron chi connectivity index (χ1n) is 8.32. The van der Waals surface area contributed by atoms with E-state index in [-0.39, 0.29) is 18.1 Å². The van der Waals surface area contributed by atoms with Crippen LogP contribution in [0, 0.1) is 0 Å². The van der Waals surface area contributed by atoms with Gasteiger partial charge < -0.3 is 19.9 Å². The van der Waals surface area contributed by atoms with Gasteiger partial charge in [-0.15, -0.1) is 5.10 Å². The highest BCUT2D eigenvalue weighted by Crippen LogP contribution is 2.28. The Bertz CT molecular complexity index is 759. The normalized spacial score (nSPS) is 10.4. The molecule has 1 amide bonds. The fourth-order valence-electron chi connectivity index (χ4n) is 2.27. The van der Waals surface area contributed by atoms with Crippen LogP contribution in [0.5, 0.6) is 11.5 Å². The summed E-state index contributed by atoms with van der Waals surface area (Å²) in [5, 5.41) is 18.6. The van der Waals surface area contributed by atoms with Crippen molar-refractivity contribution in [3.05, 3.63) is 35.7 Å². The van der Waals surface area contributed by atoms with Gasteiger partial charge in [0.25, 0.3) is 0 Å². The molecule has 2 rings (SSSR count). The summed E-state index contributed by atoms with van der Waals surface area (Å²) in [5.74, 6) is -0.0791. The standard InChI is InChI=1S/C17H22N4O5/c1-3-25-14-6-5-12(9-15(14)26-4-2)7-8-18-16(22)11-21-10-13(17(23)24)19-20-21/h5-6,9-10H,3-4,7-8,11H2,1-2H3,(H,18,22)(H,23,24). The molecule has 1 heterocycles. The summed E-state index contributed by atoms with van der Waals surface area (Å²) >= 11 is 0. The predicted molar refractivity (Wildman–Crippen MR) is 92.5 cm³/mol. The van der Waals surface area contributed by atoms with Gasteiger partial charge in [-0.3, -0.25) is 4.79 Å². The van der Waals surface area contributed by atoms with Crippen molar-refractivity contribution in [1.82, 2.24) is 20.3 Å². The lowest BCUT2D eigenvalue weighted by molar-refractivity contribution is -0.121. The largest absolute Gasteiger partial charge is 0.490 e. The number of carboxylic acid groups (broad SMARTS) is 1. The molecule has 0 unspecified atom stereocenters. The third-order valence-corrected chi connectivity index (χ3v) is 3.41. The molecule has 2 aromatic rings. The van der Waals surface area contributed by atoms with Crippen LogP contribution in [0.1, 0.15) is 29.9 Å². The number of nitrogens with zero attached hydrogens (tertiary/aromatic N) is 3. The molecule has 0 saturated carbocycles. The van der Waals surface area contributed by atoms with Gasteiger partial charge in [-0.2, -0.15) is 0 Å². The highest BCUT2D eigenvalue weighted by Gasteiger charge is 2.11. The Morgan fingerprint density at radius 1 is 1.19 bits per heavy atom. The number of carbonyl (C=O) groups excluding carboxylic acids is 1. The maximum Gasteiger partial charge on any atom is 0.358 e. The SMILES string of the molecule is CCOc1ccc(CCNC(=O)Cn2cc(C(=O)O)nn2)cc1OCC. The summed E-state index contributed by atoms with van der Waals surface area (Å²) in [6, 6.07) is 5.68. The molecule has 0 aliphatic carbocycles. The Labute approximate surface area is 150 Å². The Morgan fingerprint density at radius 2 is 1.92 bits per heavy atom. The fraction of sp³-hybridized carbons (Fsp3) is 0.412. The van der Waals surface area contributed by atoms with Crippen molar-refractivity contribution in [2.45, 2.75) is 26.8 Å². The molecule has 0 aliphatic rings. The summed E-state index contributed by atoms with van der Waals surface area (Å²) in [5.41, 5.74) is 0.807. The number of aromatic nitrogens is 3. The van der Waals surface area contributed by atoms with Gasteiger partial charge in [0.05, 0.1) is 19.4 Å². The van der Waals surface area contributed by atoms with Gasteiger partial charge in [0.1, 0.15) is 6.54 Å². The second-order valence-electron chi connectivity index (χ2n) is 5.35. The second kappa shape index (κ2) is 9.40. The molecule has 0 spiro atoms. The van der Waals surface area contributed by atoms with Crippen molar-refractivity contribution in [3.63, 3.8) is 0 Å². The highest BCUT2D eigenvalue weighted by molar-refractivity contribution is 5.84. The summed E-state index contributed by atoms with van der Waals surface area (Å²) in [6.07, 6.45) is 1.83. The number of ether oxygens (including phenoxy) is 2. The predicted octanol–water partition coefficient (Wildman–Crippen LogP) is 1.13. The van der Waals surface area contributed by atoms with Crippen LogP contribution >= 0.6 is 0 Å². The van der Waals surface area contributed by atoms with Crippen LogP contribution in [0.25, 0.3) is 0 Å². The van der Waals surface area contributed by atoms with Crippen molar-refractivity contribution >= 4 is 11.9 Å². The number of carbonyl (C=O) groups is 2. The van der Waals surface area contributed by atoms with Gasteiger partial charge in [0.2, 0.25) is 5.91 Å². The van der Waals surface area contributed by atoms with E-state index in [0.717, 1.165) is 5.56 Å². The smallest absolute Gasteiger partial charge is 0.358 e. The molecule has 1 aromatic carbocycles. The lowest BCUT2D eigenvalue weighted by Gasteiger charge is -2.12. The number of carboxylic acids is 1. The van der Waals surface area contributed by atoms with Crippen molar-refractivity contribution in [1.29, 1.82) is 0 Å². The molecular formula is C17H22N4O5. The number of hydrogen-bond donors (Lipinski definition) is 2. The molecule has 0 saturated heterocycles. The molecule has 9 heteroatoms. The van der Waals surface area contributed by atoms with Crippen LogP contribution in [0.15, 0.2) is 24.4 Å². The van der Waals surface area contributed by atoms with E-state index < -0.39 is 5.97 Å². The number of aromatic carboxylic acids is 1. The second-order valence-corrected chi connectivity index (χ2v) is 5.35. The number of nitrogens with one attached hydrogen (secondary N) is 1. The van der Waals surface area contributed by atoms with Crippen molar-refractivity contribution in [2.24, 2.45) is 0 Å². The van der Waals surface area contributed by atoms with E-state index in [0.29, 0.717) is 37.7 Å². The lowest BCUT2D eigenvalue weighted by Crippen LogP contribution is -2.29. The van der Waals surface area contributed by atoms with Gasteiger partial charge in [-0.05, 0) is 38.0 Å². The van der Waals surface area contributed by atoms with E-state index in [1.165, 1.54) is 10.9 Å². The van der Waals surface area contributed by atoms with Gasteiger partial charge in [-0.25, -0.2) is 9.48 Å². The van der Waals surface area contributed by atoms with Crippen LogP contribution in [0.2, 0.25) is 0 Å². The Balaban J connectivity index is 1.85. The zero-order chi connectivity index (χ0) is 18.9. The van der Waals surface area contributed by atoms with E-state index >= 15 is 0 Å². The third kappa shape index (κ3) is 5.47. The van der Waals surface area contributed by atoms with Crippen molar-refractivity contribution in [3.8, 4) is 11.5 Å². The first-order chi connectivity index (χ1) is 12.5. The van der Waals surface area contributed by atoms with E-state index in [9.17, 15) is 9.59 Å². The molecule has 0 fully saturated rings. The van der Waals surface area contributed by atoms with Crippen molar-refractivity contribution < 1.29 is 24.2 Å². The Morgan fingerprint density at radius 3 is 2.58 bits per heavy atom. The lowest BCUT2D eigenvalue weighted by atomic mass is 10.1. The average molecular weight is 362 g/mol. The molecular weight excluding hydrogens is 340 g/mol. The van der Waals surface area contributed by atoms with Crippen LogP contribution in [0.3, 0.4) is 0 Å². The van der Waals surface area contributed by atoms with Gasteiger partial charge >= 0.3 is 5.97 Å². The summed E-state index contributed by atoms with van der Waals surface area (Å²) in [6.45, 7) is 5.25. The summed E-state index contributed by atoms with van der Waals surface area (Å²) in [7, 11) is 0. The quantitative estimate of drug-likeness (QED) is 0.651. The van der Waals surface area contributed by atoms with Gasteiger partial charge in [0.15, 0.2) is 17.2 Å². The molecule has 1 aromatic heterocycles. The van der Waals surface area contributed by atoms with Crippen LogP contribution in [0.4, 0.5) is 0 Å². The highest BCUT2D eigenvalue weighted by atomic mass is 16.5. The van der Waals surface area contributed by atoms with E-state index in [4.69, 9.17) is 14.6 Å². The zero-order valence-electron chi connectivity index (χ0n) is 14.8. The molecule has 9 nitrogen and oxygen atoms in total. The number of amides is 1. The first-order valence-corrected chi connectivity index (χ1v) is 8.32. The van der Waals surface area contributed by atoms with Crippen molar-refractivity contribution in [2.75, 3.05) is 19.8 Å². The molecule has 26 heavy (non-hydrogen) atoms. The molecule has 0 bridgehead atoms. The number of hydrogen-bond acceptors (Lipinski definition) is 6. The molecule has 140 valence electrons. The molecule has 2 N–H and O–H groups in total. The van der Waals surface area contributed by atoms with Crippen LogP contribution in [-0.2, 0) is 17.8 Å². The molecule has 0 aliphatic heterocycles. The maximum absolute atomic E-state index is 11.9. The first kappa shape index (κ1) is 19.2. The Hall–Kier alpha value is -3.10. The Kier molecular flexibility index (Phi) is 6.95. The third-order valence-electron chi connectivity index (χ3n) is 3.41. The topological polar surface area (TPSA) is 116 Å². The monoisotopic (exact) mass is 362 g/mol. The zero-order valence-corrected chi connectivity index (χ0v) is 14.8. The molecule has 0 atom stereocenters.